The van der Waals surface area contributed by atoms with Crippen LogP contribution in [0.1, 0.15) is 76.7 Å². The van der Waals surface area contributed by atoms with E-state index in [1.54, 1.807) is 10.6 Å². The van der Waals surface area contributed by atoms with Crippen molar-refractivity contribution in [1.29, 1.82) is 0 Å². The van der Waals surface area contributed by atoms with Crippen molar-refractivity contribution in [2.24, 2.45) is 4.99 Å². The lowest BCUT2D eigenvalue weighted by molar-refractivity contribution is -0.113. The monoisotopic (exact) mass is 658 g/mol. The number of thiazole rings is 1. The Morgan fingerprint density at radius 2 is 1.67 bits per heavy atom. The van der Waals surface area contributed by atoms with E-state index in [0.29, 0.717) is 37.8 Å². The molecule has 0 fully saturated rings. The Morgan fingerprint density at radius 3 is 2.33 bits per heavy atom. The molecule has 1 amide bonds. The second-order valence-corrected chi connectivity index (χ2v) is 13.3. The van der Waals surface area contributed by atoms with Gasteiger partial charge >= 0.3 is 5.97 Å². The van der Waals surface area contributed by atoms with Crippen LogP contribution in [0.5, 0.6) is 0 Å². The lowest BCUT2D eigenvalue weighted by Gasteiger charge is -2.25. The number of anilines is 1. The molecule has 6 rings (SSSR count). The first-order chi connectivity index (χ1) is 23.0. The summed E-state index contributed by atoms with van der Waals surface area (Å²) in [7, 11) is 1.38. The zero-order valence-corrected chi connectivity index (χ0v) is 28.9. The molecule has 0 unspecified atom stereocenters. The van der Waals surface area contributed by atoms with E-state index in [4.69, 9.17) is 9.73 Å². The second kappa shape index (κ2) is 13.1. The summed E-state index contributed by atoms with van der Waals surface area (Å²) in [5.41, 5.74) is 8.35. The highest BCUT2D eigenvalue weighted by Crippen LogP contribution is 2.32. The van der Waals surface area contributed by atoms with Gasteiger partial charge in [0.25, 0.3) is 11.5 Å². The standard InChI is InChI=1S/C39H38N4O4S/c1-22(2)27-16-18-28(19-17-27)35-34(36(44)41-30-12-9-8-10-13-30)25(5)40-39-43(35)37(45)33(48-39)21-29-20-23(3)42(26(29)6)32-15-11-14-31(24(32)4)38(46)47-7/h8-22,35H,1-7H3,(H,41,44)/b33-21+/t35-/m1/s1. The van der Waals surface area contributed by atoms with Gasteiger partial charge in [0.05, 0.1) is 34.5 Å². The van der Waals surface area contributed by atoms with E-state index >= 15 is 0 Å². The van der Waals surface area contributed by atoms with Crippen LogP contribution in [0.4, 0.5) is 5.69 Å². The fourth-order valence-corrected chi connectivity index (χ4v) is 7.39. The molecule has 3 heterocycles. The second-order valence-electron chi connectivity index (χ2n) is 12.3. The fraction of sp³-hybridized carbons (Fsp3) is 0.231. The average Bonchev–Trinajstić information content (AvgIpc) is 3.53. The molecule has 0 aliphatic carbocycles. The van der Waals surface area contributed by atoms with Crippen LogP contribution >= 0.6 is 11.3 Å². The zero-order valence-electron chi connectivity index (χ0n) is 28.1. The number of carbonyl (C=O) groups is 2. The SMILES string of the molecule is COC(=O)c1cccc(-n2c(C)cc(/C=c3/sc4n(c3=O)[C@H](c3ccc(C(C)C)cc3)C(C(=O)Nc3ccccc3)=C(C)N=4)c2C)c1C. The number of allylic oxidation sites excluding steroid dienone is 1. The third kappa shape index (κ3) is 5.86. The van der Waals surface area contributed by atoms with Gasteiger partial charge in [-0.2, -0.15) is 0 Å². The largest absolute Gasteiger partial charge is 0.465 e. The van der Waals surface area contributed by atoms with E-state index in [2.05, 4.69) is 35.9 Å². The quantitative estimate of drug-likeness (QED) is 0.202. The summed E-state index contributed by atoms with van der Waals surface area (Å²) in [4.78, 5) is 46.0. The number of esters is 1. The molecule has 5 aromatic rings. The summed E-state index contributed by atoms with van der Waals surface area (Å²) >= 11 is 1.31. The first kappa shape index (κ1) is 32.7. The lowest BCUT2D eigenvalue weighted by Crippen LogP contribution is -2.40. The molecule has 3 aromatic carbocycles. The normalized spacial score (nSPS) is 14.6. The molecule has 244 valence electrons. The minimum absolute atomic E-state index is 0.220. The fourth-order valence-electron chi connectivity index (χ4n) is 6.35. The van der Waals surface area contributed by atoms with Gasteiger partial charge in [0.15, 0.2) is 4.80 Å². The Hall–Kier alpha value is -5.28. The van der Waals surface area contributed by atoms with Crippen LogP contribution < -0.4 is 20.2 Å². The maximum atomic E-state index is 14.4. The van der Waals surface area contributed by atoms with Gasteiger partial charge in [-0.3, -0.25) is 14.2 Å². The van der Waals surface area contributed by atoms with E-state index in [1.807, 2.05) is 94.4 Å². The van der Waals surface area contributed by atoms with Gasteiger partial charge in [0, 0.05) is 22.8 Å². The molecule has 0 saturated heterocycles. The number of methoxy groups -OCH3 is 1. The molecule has 0 spiro atoms. The van der Waals surface area contributed by atoms with Crippen LogP contribution in [0.2, 0.25) is 0 Å². The van der Waals surface area contributed by atoms with E-state index in [9.17, 15) is 14.4 Å². The first-order valence-corrected chi connectivity index (χ1v) is 16.7. The first-order valence-electron chi connectivity index (χ1n) is 15.9. The van der Waals surface area contributed by atoms with Gasteiger partial charge in [-0.05, 0) is 92.3 Å². The maximum Gasteiger partial charge on any atom is 0.338 e. The Morgan fingerprint density at radius 1 is 0.958 bits per heavy atom. The van der Waals surface area contributed by atoms with Crippen LogP contribution in [-0.4, -0.2) is 28.1 Å². The third-order valence-electron chi connectivity index (χ3n) is 8.93. The van der Waals surface area contributed by atoms with Gasteiger partial charge in [0.2, 0.25) is 0 Å². The highest BCUT2D eigenvalue weighted by atomic mass is 32.1. The van der Waals surface area contributed by atoms with Crippen LogP contribution in [0.25, 0.3) is 11.8 Å². The minimum atomic E-state index is -0.663. The number of nitrogens with zero attached hydrogens (tertiary/aromatic N) is 3. The van der Waals surface area contributed by atoms with Crippen molar-refractivity contribution in [2.75, 3.05) is 12.4 Å². The number of amides is 1. The molecular formula is C39H38N4O4S. The average molecular weight is 659 g/mol. The highest BCUT2D eigenvalue weighted by Gasteiger charge is 2.32. The topological polar surface area (TPSA) is 94.7 Å². The molecule has 2 aromatic heterocycles. The number of aromatic nitrogens is 2. The molecule has 1 aliphatic rings. The number of hydrogen-bond donors (Lipinski definition) is 1. The van der Waals surface area contributed by atoms with Crippen LogP contribution in [0.15, 0.2) is 99.9 Å². The van der Waals surface area contributed by atoms with E-state index in [1.165, 1.54) is 24.0 Å². The molecule has 9 heteroatoms. The molecule has 1 atom stereocenters. The van der Waals surface area contributed by atoms with Gasteiger partial charge in [-0.25, -0.2) is 9.79 Å². The lowest BCUT2D eigenvalue weighted by atomic mass is 9.93. The van der Waals surface area contributed by atoms with Crippen molar-refractivity contribution >= 4 is 35.0 Å². The third-order valence-corrected chi connectivity index (χ3v) is 9.91. The predicted octanol–water partition coefficient (Wildman–Crippen LogP) is 6.50. The van der Waals surface area contributed by atoms with E-state index in [-0.39, 0.29) is 11.5 Å². The maximum absolute atomic E-state index is 14.4. The molecule has 1 N–H and O–H groups in total. The van der Waals surface area contributed by atoms with Crippen molar-refractivity contribution in [1.82, 2.24) is 9.13 Å². The molecule has 8 nitrogen and oxygen atoms in total. The zero-order chi connectivity index (χ0) is 34.3. The molecule has 0 radical (unpaired) electrons. The smallest absolute Gasteiger partial charge is 0.338 e. The number of rotatable bonds is 7. The number of aryl methyl sites for hydroxylation is 1. The van der Waals surface area contributed by atoms with E-state index in [0.717, 1.165) is 33.8 Å². The van der Waals surface area contributed by atoms with Crippen molar-refractivity contribution in [3.05, 3.63) is 149 Å². The summed E-state index contributed by atoms with van der Waals surface area (Å²) in [6.07, 6.45) is 1.89. The summed E-state index contributed by atoms with van der Waals surface area (Å²) in [5.74, 6) is -0.355. The molecule has 0 saturated carbocycles. The van der Waals surface area contributed by atoms with Crippen LogP contribution in [0.3, 0.4) is 0 Å². The Labute approximate surface area is 283 Å². The van der Waals surface area contributed by atoms with Crippen molar-refractivity contribution in [3.63, 3.8) is 0 Å². The molecular weight excluding hydrogens is 621 g/mol. The molecule has 48 heavy (non-hydrogen) atoms. The highest BCUT2D eigenvalue weighted by molar-refractivity contribution is 7.07. The number of carbonyl (C=O) groups excluding carboxylic acids is 2. The van der Waals surface area contributed by atoms with Gasteiger partial charge in [-0.15, -0.1) is 0 Å². The number of hydrogen-bond acceptors (Lipinski definition) is 6. The number of fused-ring (bicyclic) bond motifs is 1. The van der Waals surface area contributed by atoms with Gasteiger partial charge < -0.3 is 14.6 Å². The van der Waals surface area contributed by atoms with Crippen LogP contribution in [0, 0.1) is 20.8 Å². The van der Waals surface area contributed by atoms with E-state index < -0.39 is 12.0 Å². The Kier molecular flexibility index (Phi) is 8.90. The summed E-state index contributed by atoms with van der Waals surface area (Å²) in [5, 5.41) is 3.01. The minimum Gasteiger partial charge on any atom is -0.465 e. The van der Waals surface area contributed by atoms with Crippen molar-refractivity contribution in [2.45, 2.75) is 53.5 Å². The number of benzene rings is 3. The summed E-state index contributed by atoms with van der Waals surface area (Å²) in [6.45, 7) is 12.0. The molecule has 0 bridgehead atoms. The summed E-state index contributed by atoms with van der Waals surface area (Å²) in [6, 6.07) is 24.3. The van der Waals surface area contributed by atoms with Gasteiger partial charge in [0.1, 0.15) is 0 Å². The predicted molar refractivity (Wildman–Crippen MR) is 191 cm³/mol. The Balaban J connectivity index is 1.49. The number of ether oxygens (including phenoxy) is 1. The number of nitrogens with one attached hydrogen (secondary N) is 1. The Bertz CT molecular complexity index is 2270. The van der Waals surface area contributed by atoms with Crippen LogP contribution in [-0.2, 0) is 9.53 Å². The van der Waals surface area contributed by atoms with Crippen molar-refractivity contribution in [3.8, 4) is 5.69 Å². The molecule has 1 aliphatic heterocycles. The number of para-hydroxylation sites is 1. The van der Waals surface area contributed by atoms with Crippen molar-refractivity contribution < 1.29 is 14.3 Å². The van der Waals surface area contributed by atoms with Gasteiger partial charge in [-0.1, -0.05) is 73.7 Å². The summed E-state index contributed by atoms with van der Waals surface area (Å²) < 4.78 is 9.24.